The van der Waals surface area contributed by atoms with E-state index >= 15 is 0 Å². The molecule has 3 heterocycles. The van der Waals surface area contributed by atoms with E-state index in [-0.39, 0.29) is 0 Å². The van der Waals surface area contributed by atoms with Crippen LogP contribution in [0, 0.1) is 0 Å². The lowest BCUT2D eigenvalue weighted by Gasteiger charge is -2.40. The zero-order valence-electron chi connectivity index (χ0n) is 41.9. The lowest BCUT2D eigenvalue weighted by atomic mass is 9.65. The predicted molar refractivity (Wildman–Crippen MR) is 322 cm³/mol. The van der Waals surface area contributed by atoms with Gasteiger partial charge < -0.3 is 9.47 Å². The molecule has 0 fully saturated rings. The van der Waals surface area contributed by atoms with Crippen molar-refractivity contribution in [3.63, 3.8) is 0 Å². The van der Waals surface area contributed by atoms with Crippen LogP contribution in [0.3, 0.4) is 0 Å². The second-order valence-corrected chi connectivity index (χ2v) is 22.1. The molecule has 1 unspecified atom stereocenters. The maximum atomic E-state index is 2.54. The smallest absolute Gasteiger partial charge is 0.0755 e. The second-order valence-electron chi connectivity index (χ2n) is 21.0. The summed E-state index contributed by atoms with van der Waals surface area (Å²) in [7, 11) is 0. The monoisotopic (exact) mass is 994 g/mol. The van der Waals surface area contributed by atoms with Crippen LogP contribution in [0.1, 0.15) is 44.5 Å². The Kier molecular flexibility index (Phi) is 8.88. The van der Waals surface area contributed by atoms with Gasteiger partial charge in [0.2, 0.25) is 0 Å². The highest BCUT2D eigenvalue weighted by Crippen LogP contribution is 2.63. The van der Waals surface area contributed by atoms with Crippen molar-refractivity contribution in [1.29, 1.82) is 0 Å². The molecule has 1 aliphatic heterocycles. The number of hydrogen-bond acceptors (Lipinski definition) is 2. The lowest BCUT2D eigenvalue weighted by Crippen LogP contribution is -2.33. The van der Waals surface area contributed by atoms with Gasteiger partial charge in [-0.2, -0.15) is 0 Å². The van der Waals surface area contributed by atoms with E-state index in [9.17, 15) is 0 Å². The van der Waals surface area contributed by atoms with E-state index in [1.165, 1.54) is 126 Å². The number of thiophene rings is 1. The van der Waals surface area contributed by atoms with E-state index in [4.69, 9.17) is 0 Å². The Hall–Kier alpha value is -9.54. The number of aromatic nitrogens is 1. The average Bonchev–Trinajstić information content (AvgIpc) is 4.29. The number of anilines is 3. The summed E-state index contributed by atoms with van der Waals surface area (Å²) in [5, 5.41) is 5.17. The first kappa shape index (κ1) is 42.8. The quantitative estimate of drug-likeness (QED) is 0.161. The molecule has 2 nitrogen and oxygen atoms in total. The molecule has 0 bridgehead atoms. The van der Waals surface area contributed by atoms with E-state index in [1.54, 1.807) is 0 Å². The van der Waals surface area contributed by atoms with Crippen molar-refractivity contribution in [2.45, 2.75) is 10.8 Å². The van der Waals surface area contributed by atoms with Crippen molar-refractivity contribution in [1.82, 2.24) is 4.57 Å². The average molecular weight is 995 g/mol. The number of para-hydroxylation sites is 3. The van der Waals surface area contributed by atoms with E-state index in [0.717, 1.165) is 17.1 Å². The molecule has 0 radical (unpaired) electrons. The normalized spacial score (nSPS) is 15.2. The first-order chi connectivity index (χ1) is 38.2. The first-order valence-electron chi connectivity index (χ1n) is 26.7. The number of hydrogen-bond donors (Lipinski definition) is 0. The Morgan fingerprint density at radius 3 is 1.52 bits per heavy atom. The molecule has 1 atom stereocenters. The molecular weight excluding hydrogens is 949 g/mol. The van der Waals surface area contributed by atoms with Gasteiger partial charge in [-0.1, -0.05) is 224 Å². The number of benzene rings is 12. The Morgan fingerprint density at radius 1 is 0.312 bits per heavy atom. The molecule has 0 N–H and O–H groups in total. The number of fused-ring (bicyclic) bond motifs is 18. The second kappa shape index (κ2) is 16.0. The first-order valence-corrected chi connectivity index (χ1v) is 27.6. The van der Waals surface area contributed by atoms with Crippen molar-refractivity contribution in [3.8, 4) is 39.1 Å². The summed E-state index contributed by atoms with van der Waals surface area (Å²) in [6, 6.07) is 105. The van der Waals surface area contributed by atoms with Gasteiger partial charge in [0, 0.05) is 48.0 Å². The van der Waals surface area contributed by atoms with Crippen LogP contribution in [0.4, 0.5) is 17.1 Å². The highest BCUT2D eigenvalue weighted by atomic mass is 32.1. The Labute approximate surface area is 450 Å². The maximum absolute atomic E-state index is 2.54. The zero-order valence-corrected chi connectivity index (χ0v) is 42.7. The molecule has 358 valence electrons. The van der Waals surface area contributed by atoms with Crippen molar-refractivity contribution in [2.75, 3.05) is 4.90 Å². The van der Waals surface area contributed by atoms with E-state index in [1.807, 2.05) is 11.3 Å². The number of nitrogens with zero attached hydrogens (tertiary/aromatic N) is 2. The van der Waals surface area contributed by atoms with E-state index < -0.39 is 10.8 Å². The molecule has 0 saturated heterocycles. The van der Waals surface area contributed by atoms with Gasteiger partial charge in [-0.15, -0.1) is 11.3 Å². The highest BCUT2D eigenvalue weighted by Gasteiger charge is 2.51. The standard InChI is InChI=1S/C74H46N2S/c1-3-19-48(20-4-1)73(49-21-5-2-6-22-49)62-30-11-7-23-54(62)56-43-41-51(45-66(56)73)75(50-39-37-47(38-40-50)53-27-17-29-61-59-26-10-16-36-70(59)77-72(53)61)52-42-44-57-55-24-8-12-31-63(55)74(67(57)46-52)64-32-13-15-35-69(64)76-68-34-14-9-25-58(68)60-28-18-33-65(74)71(60)76/h1-46H. The van der Waals surface area contributed by atoms with Gasteiger partial charge in [-0.3, -0.25) is 0 Å². The van der Waals surface area contributed by atoms with Crippen LogP contribution < -0.4 is 4.90 Å². The molecule has 2 aromatic heterocycles. The van der Waals surface area contributed by atoms with Gasteiger partial charge in [-0.05, 0) is 132 Å². The fourth-order valence-electron chi connectivity index (χ4n) is 14.5. The van der Waals surface area contributed by atoms with Crippen LogP contribution in [0.5, 0.6) is 0 Å². The summed E-state index contributed by atoms with van der Waals surface area (Å²) >= 11 is 1.88. The maximum Gasteiger partial charge on any atom is 0.0755 e. The molecule has 12 aromatic carbocycles. The fourth-order valence-corrected chi connectivity index (χ4v) is 15.7. The lowest BCUT2D eigenvalue weighted by molar-refractivity contribution is 0.748. The predicted octanol–water partition coefficient (Wildman–Crippen LogP) is 19.3. The van der Waals surface area contributed by atoms with Crippen molar-refractivity contribution in [2.24, 2.45) is 0 Å². The molecule has 3 aliphatic rings. The van der Waals surface area contributed by atoms with Gasteiger partial charge >= 0.3 is 0 Å². The minimum absolute atomic E-state index is 0.560. The molecule has 17 rings (SSSR count). The minimum atomic E-state index is -0.601. The molecule has 77 heavy (non-hydrogen) atoms. The van der Waals surface area contributed by atoms with Gasteiger partial charge in [0.15, 0.2) is 0 Å². The summed E-state index contributed by atoms with van der Waals surface area (Å²) < 4.78 is 5.17. The Bertz CT molecular complexity index is 4710. The van der Waals surface area contributed by atoms with Crippen molar-refractivity contribution >= 4 is 70.4 Å². The van der Waals surface area contributed by atoms with Gasteiger partial charge in [0.25, 0.3) is 0 Å². The van der Waals surface area contributed by atoms with Crippen molar-refractivity contribution in [3.05, 3.63) is 324 Å². The van der Waals surface area contributed by atoms with Crippen LogP contribution in [0.25, 0.3) is 81.0 Å². The van der Waals surface area contributed by atoms with Gasteiger partial charge in [-0.25, -0.2) is 0 Å². The summed E-state index contributed by atoms with van der Waals surface area (Å²) in [5.41, 5.74) is 23.7. The van der Waals surface area contributed by atoms with Crippen LogP contribution in [0.2, 0.25) is 0 Å². The Morgan fingerprint density at radius 2 is 0.805 bits per heavy atom. The third-order valence-electron chi connectivity index (χ3n) is 17.5. The summed E-state index contributed by atoms with van der Waals surface area (Å²) in [6.45, 7) is 0. The molecule has 2 aliphatic carbocycles. The summed E-state index contributed by atoms with van der Waals surface area (Å²) in [4.78, 5) is 2.52. The van der Waals surface area contributed by atoms with Crippen LogP contribution in [-0.4, -0.2) is 4.57 Å². The Balaban J connectivity index is 0.933. The minimum Gasteiger partial charge on any atom is -0.310 e. The van der Waals surface area contributed by atoms with Gasteiger partial charge in [0.05, 0.1) is 27.6 Å². The number of rotatable bonds is 6. The van der Waals surface area contributed by atoms with Crippen molar-refractivity contribution < 1.29 is 0 Å². The fraction of sp³-hybridized carbons (Fsp3) is 0.0270. The van der Waals surface area contributed by atoms with Crippen LogP contribution in [0.15, 0.2) is 279 Å². The van der Waals surface area contributed by atoms with E-state index in [0.29, 0.717) is 0 Å². The topological polar surface area (TPSA) is 8.17 Å². The third-order valence-corrected chi connectivity index (χ3v) is 18.7. The molecule has 3 heteroatoms. The molecular formula is C74H46N2S. The van der Waals surface area contributed by atoms with Gasteiger partial charge in [0.1, 0.15) is 0 Å². The van der Waals surface area contributed by atoms with Crippen LogP contribution in [-0.2, 0) is 10.8 Å². The summed E-state index contributed by atoms with van der Waals surface area (Å²) in [6.07, 6.45) is 0. The largest absolute Gasteiger partial charge is 0.310 e. The third kappa shape index (κ3) is 5.63. The molecule has 1 spiro atoms. The summed E-state index contributed by atoms with van der Waals surface area (Å²) in [5.74, 6) is 0. The molecule has 0 saturated carbocycles. The molecule has 14 aromatic rings. The highest BCUT2D eigenvalue weighted by molar-refractivity contribution is 7.26. The SMILES string of the molecule is c1ccc(C2(c3ccccc3)c3ccccc3-c3ccc(N(c4ccc(-c5cccc6c5sc5ccccc56)cc4)c4ccc5c(c4)C4(c6ccccc6-5)c5ccccc5-n5c6ccccc6c6cccc4c65)cc32)cc1. The van der Waals surface area contributed by atoms with E-state index in [2.05, 4.69) is 289 Å². The van der Waals surface area contributed by atoms with Crippen LogP contribution >= 0.6 is 11.3 Å². The zero-order chi connectivity index (χ0) is 50.4. The molecule has 0 amide bonds.